The third kappa shape index (κ3) is 3.81. The standard InChI is InChI=1S/C17H12Cl2N2O4S/c18-10-3-6-12-14(7-10)26-16(15(12)19)17(23)20-8-13(22)9-1-4-11(5-2-9)21(24)25/h1-7,13,22H,8H2,(H,20,23)/t13-/m0/s1. The zero-order valence-electron chi connectivity index (χ0n) is 13.1. The Labute approximate surface area is 162 Å². The highest BCUT2D eigenvalue weighted by atomic mass is 35.5. The van der Waals surface area contributed by atoms with E-state index >= 15 is 0 Å². The number of aliphatic hydroxyl groups is 1. The monoisotopic (exact) mass is 410 g/mol. The lowest BCUT2D eigenvalue weighted by molar-refractivity contribution is -0.384. The van der Waals surface area contributed by atoms with Crippen molar-refractivity contribution in [2.75, 3.05) is 6.54 Å². The molecular weight excluding hydrogens is 399 g/mol. The summed E-state index contributed by atoms with van der Waals surface area (Å²) in [5.41, 5.74) is 0.394. The summed E-state index contributed by atoms with van der Waals surface area (Å²) in [6, 6.07) is 10.7. The molecule has 26 heavy (non-hydrogen) atoms. The van der Waals surface area contributed by atoms with Gasteiger partial charge in [-0.15, -0.1) is 11.3 Å². The molecule has 1 atom stereocenters. The predicted octanol–water partition coefficient (Wildman–Crippen LogP) is 4.58. The smallest absolute Gasteiger partial charge is 0.269 e. The van der Waals surface area contributed by atoms with Gasteiger partial charge in [-0.2, -0.15) is 0 Å². The number of hydrogen-bond acceptors (Lipinski definition) is 5. The van der Waals surface area contributed by atoms with Gasteiger partial charge >= 0.3 is 0 Å². The second-order valence-electron chi connectivity index (χ2n) is 5.46. The third-order valence-electron chi connectivity index (χ3n) is 3.74. The lowest BCUT2D eigenvalue weighted by Crippen LogP contribution is -2.27. The van der Waals surface area contributed by atoms with E-state index in [2.05, 4.69) is 5.32 Å². The molecule has 0 aliphatic rings. The van der Waals surface area contributed by atoms with Crippen molar-refractivity contribution in [1.82, 2.24) is 5.32 Å². The number of rotatable bonds is 5. The summed E-state index contributed by atoms with van der Waals surface area (Å²) in [6.07, 6.45) is -0.998. The molecule has 134 valence electrons. The number of nitro groups is 1. The number of nitro benzene ring substituents is 1. The van der Waals surface area contributed by atoms with Crippen LogP contribution in [0.15, 0.2) is 42.5 Å². The van der Waals surface area contributed by atoms with Gasteiger partial charge in [-0.05, 0) is 29.8 Å². The number of amides is 1. The Morgan fingerprint density at radius 2 is 1.92 bits per heavy atom. The summed E-state index contributed by atoms with van der Waals surface area (Å²) in [4.78, 5) is 22.8. The Hall–Kier alpha value is -2.19. The SMILES string of the molecule is O=C(NC[C@H](O)c1ccc([N+](=O)[O-])cc1)c1sc2cc(Cl)ccc2c1Cl. The van der Waals surface area contributed by atoms with E-state index in [1.54, 1.807) is 18.2 Å². The fourth-order valence-electron chi connectivity index (χ4n) is 2.39. The number of nitrogens with zero attached hydrogens (tertiary/aromatic N) is 1. The molecular formula is C17H12Cl2N2O4S. The van der Waals surface area contributed by atoms with Crippen LogP contribution in [0.25, 0.3) is 10.1 Å². The van der Waals surface area contributed by atoms with Gasteiger partial charge in [-0.3, -0.25) is 14.9 Å². The molecule has 3 aromatic rings. The van der Waals surface area contributed by atoms with Crippen LogP contribution >= 0.6 is 34.5 Å². The molecule has 3 rings (SSSR count). The van der Waals surface area contributed by atoms with Crippen LogP contribution in [0.2, 0.25) is 10.0 Å². The van der Waals surface area contributed by atoms with Gasteiger partial charge < -0.3 is 10.4 Å². The molecule has 0 saturated heterocycles. The molecule has 1 aromatic heterocycles. The third-order valence-corrected chi connectivity index (χ3v) is 5.63. The Bertz CT molecular complexity index is 988. The number of fused-ring (bicyclic) bond motifs is 1. The van der Waals surface area contributed by atoms with Crippen molar-refractivity contribution in [2.45, 2.75) is 6.10 Å². The van der Waals surface area contributed by atoms with Crippen LogP contribution in [0.3, 0.4) is 0 Å². The van der Waals surface area contributed by atoms with Crippen LogP contribution in [0.4, 0.5) is 5.69 Å². The van der Waals surface area contributed by atoms with Crippen LogP contribution < -0.4 is 5.32 Å². The van der Waals surface area contributed by atoms with E-state index in [-0.39, 0.29) is 12.2 Å². The van der Waals surface area contributed by atoms with Crippen LogP contribution in [0.1, 0.15) is 21.3 Å². The van der Waals surface area contributed by atoms with Crippen molar-refractivity contribution >= 4 is 56.2 Å². The number of non-ortho nitro benzene ring substituents is 1. The highest BCUT2D eigenvalue weighted by Gasteiger charge is 2.19. The number of halogens is 2. The molecule has 0 bridgehead atoms. The summed E-state index contributed by atoms with van der Waals surface area (Å²) in [5.74, 6) is -0.409. The van der Waals surface area contributed by atoms with Gasteiger partial charge in [-0.1, -0.05) is 29.3 Å². The van der Waals surface area contributed by atoms with Crippen molar-refractivity contribution in [3.63, 3.8) is 0 Å². The molecule has 9 heteroatoms. The minimum absolute atomic E-state index is 0.0536. The van der Waals surface area contributed by atoms with Gasteiger partial charge in [0.05, 0.1) is 16.0 Å². The first-order valence-corrected chi connectivity index (χ1v) is 9.02. The van der Waals surface area contributed by atoms with Crippen LogP contribution in [-0.2, 0) is 0 Å². The molecule has 0 saturated carbocycles. The molecule has 0 radical (unpaired) electrons. The average Bonchev–Trinajstić information content (AvgIpc) is 2.95. The molecule has 0 aliphatic heterocycles. The molecule has 1 heterocycles. The van der Waals surface area contributed by atoms with Crippen LogP contribution in [-0.4, -0.2) is 22.5 Å². The van der Waals surface area contributed by atoms with E-state index in [0.717, 1.165) is 10.1 Å². The van der Waals surface area contributed by atoms with Gasteiger partial charge in [0.1, 0.15) is 4.88 Å². The van der Waals surface area contributed by atoms with Gasteiger partial charge in [-0.25, -0.2) is 0 Å². The van der Waals surface area contributed by atoms with Crippen molar-refractivity contribution in [2.24, 2.45) is 0 Å². The highest BCUT2D eigenvalue weighted by molar-refractivity contribution is 7.21. The zero-order chi connectivity index (χ0) is 18.8. The minimum atomic E-state index is -0.998. The van der Waals surface area contributed by atoms with E-state index < -0.39 is 16.9 Å². The number of aliphatic hydroxyl groups excluding tert-OH is 1. The van der Waals surface area contributed by atoms with Crippen LogP contribution in [0.5, 0.6) is 0 Å². The molecule has 0 aliphatic carbocycles. The minimum Gasteiger partial charge on any atom is -0.387 e. The van der Waals surface area contributed by atoms with E-state index in [4.69, 9.17) is 23.2 Å². The largest absolute Gasteiger partial charge is 0.387 e. The number of carbonyl (C=O) groups excluding carboxylic acids is 1. The molecule has 0 spiro atoms. The molecule has 6 nitrogen and oxygen atoms in total. The quantitative estimate of drug-likeness (QED) is 0.475. The van der Waals surface area contributed by atoms with Crippen molar-refractivity contribution in [3.8, 4) is 0 Å². The fourth-order valence-corrected chi connectivity index (χ4v) is 4.10. The lowest BCUT2D eigenvalue weighted by Gasteiger charge is -2.11. The van der Waals surface area contributed by atoms with Gasteiger partial charge in [0, 0.05) is 33.8 Å². The number of hydrogen-bond donors (Lipinski definition) is 2. The van der Waals surface area contributed by atoms with Crippen LogP contribution in [0, 0.1) is 10.1 Å². The summed E-state index contributed by atoms with van der Waals surface area (Å²) in [5, 5.41) is 25.1. The maximum atomic E-state index is 12.4. The second-order valence-corrected chi connectivity index (χ2v) is 7.33. The summed E-state index contributed by atoms with van der Waals surface area (Å²) in [7, 11) is 0. The van der Waals surface area contributed by atoms with Crippen molar-refractivity contribution in [3.05, 3.63) is 73.1 Å². The lowest BCUT2D eigenvalue weighted by atomic mass is 10.1. The zero-order valence-corrected chi connectivity index (χ0v) is 15.4. The Morgan fingerprint density at radius 1 is 1.23 bits per heavy atom. The maximum absolute atomic E-state index is 12.4. The molecule has 0 unspecified atom stereocenters. The van der Waals surface area contributed by atoms with Crippen molar-refractivity contribution < 1.29 is 14.8 Å². The first-order valence-electron chi connectivity index (χ1n) is 7.45. The van der Waals surface area contributed by atoms with E-state index in [0.29, 0.717) is 20.5 Å². The fraction of sp³-hybridized carbons (Fsp3) is 0.118. The van der Waals surface area contributed by atoms with Gasteiger partial charge in [0.25, 0.3) is 11.6 Å². The Kier molecular flexibility index (Phi) is 5.43. The number of carbonyl (C=O) groups is 1. The van der Waals surface area contributed by atoms with E-state index in [1.807, 2.05) is 0 Å². The molecule has 0 fully saturated rings. The summed E-state index contributed by atoms with van der Waals surface area (Å²) in [6.45, 7) is -0.0536. The Balaban J connectivity index is 1.70. The highest BCUT2D eigenvalue weighted by Crippen LogP contribution is 2.36. The number of nitrogens with one attached hydrogen (secondary N) is 1. The summed E-state index contributed by atoms with van der Waals surface area (Å²) >= 11 is 13.4. The topological polar surface area (TPSA) is 92.5 Å². The first-order chi connectivity index (χ1) is 12.4. The number of benzene rings is 2. The maximum Gasteiger partial charge on any atom is 0.269 e. The molecule has 2 N–H and O–H groups in total. The summed E-state index contributed by atoms with van der Waals surface area (Å²) < 4.78 is 0.795. The second kappa shape index (κ2) is 7.59. The predicted molar refractivity (Wildman–Crippen MR) is 102 cm³/mol. The first kappa shape index (κ1) is 18.6. The number of thiophene rings is 1. The Morgan fingerprint density at radius 3 is 2.58 bits per heavy atom. The normalized spacial score (nSPS) is 12.1. The van der Waals surface area contributed by atoms with Gasteiger partial charge in [0.15, 0.2) is 0 Å². The van der Waals surface area contributed by atoms with Crippen molar-refractivity contribution in [1.29, 1.82) is 0 Å². The molecule has 1 amide bonds. The molecule has 2 aromatic carbocycles. The van der Waals surface area contributed by atoms with Gasteiger partial charge in [0.2, 0.25) is 0 Å². The van der Waals surface area contributed by atoms with E-state index in [1.165, 1.54) is 35.6 Å². The average molecular weight is 411 g/mol. The van der Waals surface area contributed by atoms with E-state index in [9.17, 15) is 20.0 Å².